The molecule has 2 rings (SSSR count). The molecular formula is C11H10BrClN2O2. The molecule has 0 bridgehead atoms. The van der Waals surface area contributed by atoms with Gasteiger partial charge in [-0.2, -0.15) is 0 Å². The minimum atomic E-state index is -0.329. The summed E-state index contributed by atoms with van der Waals surface area (Å²) in [4.78, 5) is 25.0. The lowest BCUT2D eigenvalue weighted by molar-refractivity contribution is -0.119. The third-order valence-corrected chi connectivity index (χ3v) is 3.48. The zero-order valence-electron chi connectivity index (χ0n) is 8.80. The maximum Gasteiger partial charge on any atom is 0.267 e. The van der Waals surface area contributed by atoms with Crippen LogP contribution in [0.2, 0.25) is 5.02 Å². The monoisotopic (exact) mass is 316 g/mol. The van der Waals surface area contributed by atoms with Crippen molar-refractivity contribution in [3.8, 4) is 0 Å². The van der Waals surface area contributed by atoms with Crippen molar-refractivity contribution < 1.29 is 4.79 Å². The molecule has 2 N–H and O–H groups in total. The molecule has 0 aliphatic carbocycles. The van der Waals surface area contributed by atoms with E-state index in [1.165, 1.54) is 6.07 Å². The van der Waals surface area contributed by atoms with E-state index in [4.69, 9.17) is 11.6 Å². The van der Waals surface area contributed by atoms with Crippen LogP contribution < -0.4 is 10.9 Å². The minimum absolute atomic E-state index is 0.0102. The van der Waals surface area contributed by atoms with E-state index in [1.807, 2.05) is 6.08 Å². The summed E-state index contributed by atoms with van der Waals surface area (Å²) < 4.78 is 0.735. The van der Waals surface area contributed by atoms with E-state index in [2.05, 4.69) is 26.2 Å². The van der Waals surface area contributed by atoms with Crippen LogP contribution in [0.1, 0.15) is 18.5 Å². The van der Waals surface area contributed by atoms with E-state index in [0.29, 0.717) is 12.1 Å². The Balaban J connectivity index is 2.21. The fourth-order valence-electron chi connectivity index (χ4n) is 1.62. The number of pyridine rings is 1. The number of carbonyl (C=O) groups is 1. The quantitative estimate of drug-likeness (QED) is 0.877. The molecule has 1 aliphatic heterocycles. The van der Waals surface area contributed by atoms with Gasteiger partial charge in [-0.1, -0.05) is 11.6 Å². The Hall–Kier alpha value is -1.07. The van der Waals surface area contributed by atoms with E-state index < -0.39 is 0 Å². The summed E-state index contributed by atoms with van der Waals surface area (Å²) in [6.07, 6.45) is 3.18. The number of aromatic nitrogens is 1. The number of H-pyrrole nitrogens is 1. The molecule has 0 spiro atoms. The SMILES string of the molecule is O=C1CCC(/C=C(\Br)c2ccc(Cl)c(=O)[nH]2)N1. The fraction of sp³-hybridized carbons (Fsp3) is 0.273. The van der Waals surface area contributed by atoms with E-state index in [1.54, 1.807) is 6.07 Å². The molecule has 4 nitrogen and oxygen atoms in total. The Morgan fingerprint density at radius 3 is 2.82 bits per heavy atom. The average molecular weight is 318 g/mol. The topological polar surface area (TPSA) is 62.0 Å². The highest BCUT2D eigenvalue weighted by Gasteiger charge is 2.19. The molecule has 1 amide bonds. The molecule has 90 valence electrons. The number of amides is 1. The van der Waals surface area contributed by atoms with Gasteiger partial charge in [-0.05, 0) is 40.6 Å². The third-order valence-electron chi connectivity index (χ3n) is 2.50. The zero-order chi connectivity index (χ0) is 12.4. The third kappa shape index (κ3) is 2.98. The van der Waals surface area contributed by atoms with Crippen LogP contribution in [0.4, 0.5) is 0 Å². The fourth-order valence-corrected chi connectivity index (χ4v) is 2.28. The molecule has 1 aromatic rings. The van der Waals surface area contributed by atoms with Gasteiger partial charge >= 0.3 is 0 Å². The van der Waals surface area contributed by atoms with Crippen LogP contribution in [0, 0.1) is 0 Å². The molecule has 1 saturated heterocycles. The Kier molecular flexibility index (Phi) is 3.69. The van der Waals surface area contributed by atoms with Gasteiger partial charge in [0.1, 0.15) is 5.02 Å². The first kappa shape index (κ1) is 12.4. The van der Waals surface area contributed by atoms with Crippen molar-refractivity contribution in [2.45, 2.75) is 18.9 Å². The van der Waals surface area contributed by atoms with Crippen molar-refractivity contribution in [2.24, 2.45) is 0 Å². The summed E-state index contributed by atoms with van der Waals surface area (Å²) in [6.45, 7) is 0. The second-order valence-electron chi connectivity index (χ2n) is 3.78. The molecule has 0 aromatic carbocycles. The highest BCUT2D eigenvalue weighted by atomic mass is 79.9. The minimum Gasteiger partial charge on any atom is -0.350 e. The number of nitrogens with one attached hydrogen (secondary N) is 2. The second kappa shape index (κ2) is 5.06. The molecule has 0 radical (unpaired) electrons. The van der Waals surface area contributed by atoms with Crippen molar-refractivity contribution >= 4 is 37.9 Å². The van der Waals surface area contributed by atoms with Gasteiger partial charge in [-0.15, -0.1) is 0 Å². The number of hydrogen-bond acceptors (Lipinski definition) is 2. The smallest absolute Gasteiger partial charge is 0.267 e. The lowest BCUT2D eigenvalue weighted by Crippen LogP contribution is -2.23. The number of carbonyl (C=O) groups excluding carboxylic acids is 1. The molecular weight excluding hydrogens is 307 g/mol. The summed E-state index contributed by atoms with van der Waals surface area (Å²) in [7, 11) is 0. The van der Waals surface area contributed by atoms with Gasteiger partial charge in [-0.25, -0.2) is 0 Å². The lowest BCUT2D eigenvalue weighted by Gasteiger charge is -2.05. The highest BCUT2D eigenvalue weighted by Crippen LogP contribution is 2.21. The number of hydrogen-bond donors (Lipinski definition) is 2. The molecule has 2 heterocycles. The van der Waals surface area contributed by atoms with Crippen molar-refractivity contribution in [1.82, 2.24) is 10.3 Å². The van der Waals surface area contributed by atoms with Crippen LogP contribution in [0.25, 0.3) is 4.48 Å². The Bertz CT molecular complexity index is 539. The van der Waals surface area contributed by atoms with Crippen molar-refractivity contribution in [3.05, 3.63) is 39.3 Å². The summed E-state index contributed by atoms with van der Waals surface area (Å²) in [6, 6.07) is 3.26. The van der Waals surface area contributed by atoms with Gasteiger partial charge in [-0.3, -0.25) is 9.59 Å². The summed E-state index contributed by atoms with van der Waals surface area (Å²) in [5.74, 6) is 0.0520. The Labute approximate surface area is 111 Å². The number of rotatable bonds is 2. The van der Waals surface area contributed by atoms with E-state index in [9.17, 15) is 9.59 Å². The molecule has 17 heavy (non-hydrogen) atoms. The average Bonchev–Trinajstić information content (AvgIpc) is 2.68. The van der Waals surface area contributed by atoms with Gasteiger partial charge in [0.15, 0.2) is 0 Å². The van der Waals surface area contributed by atoms with Crippen molar-refractivity contribution in [2.75, 3.05) is 0 Å². The first-order valence-electron chi connectivity index (χ1n) is 5.12. The molecule has 1 aromatic heterocycles. The maximum atomic E-state index is 11.3. The Morgan fingerprint density at radius 2 is 2.24 bits per heavy atom. The number of halogens is 2. The molecule has 1 fully saturated rings. The van der Waals surface area contributed by atoms with Crippen LogP contribution in [-0.4, -0.2) is 16.9 Å². The molecule has 0 saturated carbocycles. The standard InChI is InChI=1S/C11H10BrClN2O2/c12-7(5-6-1-4-10(16)14-6)9-3-2-8(13)11(17)15-9/h2-3,5-6H,1,4H2,(H,14,16)(H,15,17)/b7-5-. The molecule has 6 heteroatoms. The van der Waals surface area contributed by atoms with Gasteiger partial charge < -0.3 is 10.3 Å². The van der Waals surface area contributed by atoms with Crippen LogP contribution in [0.3, 0.4) is 0 Å². The normalized spacial score (nSPS) is 20.5. The molecule has 1 unspecified atom stereocenters. The van der Waals surface area contributed by atoms with Gasteiger partial charge in [0.05, 0.1) is 5.69 Å². The van der Waals surface area contributed by atoms with E-state index >= 15 is 0 Å². The van der Waals surface area contributed by atoms with Crippen LogP contribution in [-0.2, 0) is 4.79 Å². The molecule has 1 atom stereocenters. The van der Waals surface area contributed by atoms with Crippen LogP contribution in [0.15, 0.2) is 23.0 Å². The van der Waals surface area contributed by atoms with E-state index in [0.717, 1.165) is 10.9 Å². The summed E-state index contributed by atoms with van der Waals surface area (Å²) in [5, 5.41) is 2.97. The van der Waals surface area contributed by atoms with E-state index in [-0.39, 0.29) is 22.5 Å². The van der Waals surface area contributed by atoms with Gasteiger partial charge in [0.2, 0.25) is 5.91 Å². The molecule has 1 aliphatic rings. The van der Waals surface area contributed by atoms with Crippen molar-refractivity contribution in [1.29, 1.82) is 0 Å². The van der Waals surface area contributed by atoms with Crippen molar-refractivity contribution in [3.63, 3.8) is 0 Å². The summed E-state index contributed by atoms with van der Waals surface area (Å²) in [5.41, 5.74) is 0.311. The lowest BCUT2D eigenvalue weighted by atomic mass is 10.2. The summed E-state index contributed by atoms with van der Waals surface area (Å²) >= 11 is 9.01. The van der Waals surface area contributed by atoms with Crippen LogP contribution in [0.5, 0.6) is 0 Å². The largest absolute Gasteiger partial charge is 0.350 e. The van der Waals surface area contributed by atoms with Gasteiger partial charge in [0, 0.05) is 16.9 Å². The first-order valence-corrected chi connectivity index (χ1v) is 6.29. The second-order valence-corrected chi connectivity index (χ2v) is 5.04. The zero-order valence-corrected chi connectivity index (χ0v) is 11.1. The predicted octanol–water partition coefficient (Wildman–Crippen LogP) is 2.04. The van der Waals surface area contributed by atoms with Gasteiger partial charge in [0.25, 0.3) is 5.56 Å². The van der Waals surface area contributed by atoms with Crippen LogP contribution >= 0.6 is 27.5 Å². The predicted molar refractivity (Wildman–Crippen MR) is 70.1 cm³/mol. The first-order chi connectivity index (χ1) is 8.06. The maximum absolute atomic E-state index is 11.3. The Morgan fingerprint density at radius 1 is 1.47 bits per heavy atom. The highest BCUT2D eigenvalue weighted by molar-refractivity contribution is 9.15. The number of aromatic amines is 1.